The monoisotopic (exact) mass is 279 g/mol. The molecule has 1 saturated heterocycles. The van der Waals surface area contributed by atoms with Gasteiger partial charge in [0.25, 0.3) is 0 Å². The quantitative estimate of drug-likeness (QED) is 0.672. The van der Waals surface area contributed by atoms with Crippen molar-refractivity contribution < 1.29 is 4.57 Å². The van der Waals surface area contributed by atoms with Gasteiger partial charge in [-0.3, -0.25) is 0 Å². The van der Waals surface area contributed by atoms with Crippen LogP contribution in [0, 0.1) is 0 Å². The highest BCUT2D eigenvalue weighted by Crippen LogP contribution is 2.26. The van der Waals surface area contributed by atoms with E-state index >= 15 is 0 Å². The molecule has 0 unspecified atom stereocenters. The van der Waals surface area contributed by atoms with Crippen LogP contribution in [0.1, 0.15) is 12.5 Å². The van der Waals surface area contributed by atoms with Gasteiger partial charge in [-0.25, -0.2) is 9.13 Å². The van der Waals surface area contributed by atoms with Gasteiger partial charge >= 0.3 is 0 Å². The van der Waals surface area contributed by atoms with Gasteiger partial charge < -0.3 is 10.6 Å². The molecule has 1 fully saturated rings. The number of rotatable bonds is 2. The van der Waals surface area contributed by atoms with Crippen LogP contribution in [0.25, 0.3) is 0 Å². The Morgan fingerprint density at radius 3 is 2.63 bits per heavy atom. The molecule has 1 aromatic heterocycles. The minimum absolute atomic E-state index is 0. The summed E-state index contributed by atoms with van der Waals surface area (Å²) < 4.78 is 4.39. The lowest BCUT2D eigenvalue weighted by Crippen LogP contribution is -2.25. The Balaban J connectivity index is 0.00000133. The SMILES string of the molecule is C[n+]1ccn([C@H]2CCN(c3ccc(N)cc3)C2)c1.Cl. The van der Waals surface area contributed by atoms with Gasteiger partial charge in [0.15, 0.2) is 0 Å². The van der Waals surface area contributed by atoms with Crippen molar-refractivity contribution in [3.05, 3.63) is 43.0 Å². The van der Waals surface area contributed by atoms with Gasteiger partial charge in [-0.05, 0) is 24.3 Å². The molecule has 2 aromatic rings. The van der Waals surface area contributed by atoms with Crippen LogP contribution in [0.4, 0.5) is 11.4 Å². The van der Waals surface area contributed by atoms with Crippen molar-refractivity contribution in [3.8, 4) is 0 Å². The first-order valence-corrected chi connectivity index (χ1v) is 6.35. The second-order valence-corrected chi connectivity index (χ2v) is 5.01. The maximum atomic E-state index is 5.72. The molecular formula is C14H20ClN4+. The van der Waals surface area contributed by atoms with Crippen LogP contribution in [-0.2, 0) is 7.05 Å². The zero-order chi connectivity index (χ0) is 12.5. The Bertz CT molecular complexity index is 535. The maximum Gasteiger partial charge on any atom is 0.243 e. The lowest BCUT2D eigenvalue weighted by atomic mass is 10.2. The minimum atomic E-state index is 0. The summed E-state index contributed by atoms with van der Waals surface area (Å²) in [6.45, 7) is 2.18. The lowest BCUT2D eigenvalue weighted by molar-refractivity contribution is -0.671. The van der Waals surface area contributed by atoms with Gasteiger partial charge in [-0.15, -0.1) is 12.4 Å². The van der Waals surface area contributed by atoms with Crippen LogP contribution in [-0.4, -0.2) is 17.7 Å². The van der Waals surface area contributed by atoms with E-state index in [0.717, 1.165) is 18.8 Å². The molecule has 1 aromatic carbocycles. The zero-order valence-corrected chi connectivity index (χ0v) is 11.9. The molecular weight excluding hydrogens is 260 g/mol. The molecule has 0 radical (unpaired) electrons. The number of hydrogen-bond donors (Lipinski definition) is 1. The number of nitrogens with zero attached hydrogens (tertiary/aromatic N) is 3. The summed E-state index contributed by atoms with van der Waals surface area (Å²) in [7, 11) is 2.06. The topological polar surface area (TPSA) is 38.1 Å². The first-order chi connectivity index (χ1) is 8.72. The highest BCUT2D eigenvalue weighted by Gasteiger charge is 2.27. The molecule has 0 amide bonds. The number of halogens is 1. The van der Waals surface area contributed by atoms with E-state index in [9.17, 15) is 0 Å². The number of hydrogen-bond acceptors (Lipinski definition) is 2. The summed E-state index contributed by atoms with van der Waals surface area (Å²) in [6.07, 6.45) is 7.58. The number of imidazole rings is 1. The van der Waals surface area contributed by atoms with Crippen molar-refractivity contribution in [2.24, 2.45) is 7.05 Å². The van der Waals surface area contributed by atoms with E-state index < -0.39 is 0 Å². The van der Waals surface area contributed by atoms with Crippen LogP contribution in [0.5, 0.6) is 0 Å². The molecule has 0 bridgehead atoms. The van der Waals surface area contributed by atoms with E-state index in [1.807, 2.05) is 12.1 Å². The Labute approximate surface area is 119 Å². The third-order valence-corrected chi connectivity index (χ3v) is 3.63. The van der Waals surface area contributed by atoms with Gasteiger partial charge in [0.05, 0.1) is 13.6 Å². The zero-order valence-electron chi connectivity index (χ0n) is 11.1. The largest absolute Gasteiger partial charge is 0.399 e. The molecule has 0 aliphatic carbocycles. The van der Waals surface area contributed by atoms with E-state index in [-0.39, 0.29) is 12.4 Å². The fourth-order valence-corrected chi connectivity index (χ4v) is 2.59. The van der Waals surface area contributed by atoms with Crippen LogP contribution in [0.2, 0.25) is 0 Å². The molecule has 1 aliphatic heterocycles. The summed E-state index contributed by atoms with van der Waals surface area (Å²) in [5, 5.41) is 0. The number of anilines is 2. The van der Waals surface area contributed by atoms with Gasteiger partial charge in [0.2, 0.25) is 6.33 Å². The fraction of sp³-hybridized carbons (Fsp3) is 0.357. The molecule has 102 valence electrons. The number of aromatic nitrogens is 2. The van der Waals surface area contributed by atoms with Gasteiger partial charge in [-0.2, -0.15) is 0 Å². The molecule has 2 N–H and O–H groups in total. The summed E-state index contributed by atoms with van der Waals surface area (Å²) in [5.74, 6) is 0. The fourth-order valence-electron chi connectivity index (χ4n) is 2.59. The van der Waals surface area contributed by atoms with Crippen molar-refractivity contribution in [1.82, 2.24) is 4.57 Å². The Morgan fingerprint density at radius 1 is 1.26 bits per heavy atom. The van der Waals surface area contributed by atoms with Crippen LogP contribution in [0.15, 0.2) is 43.0 Å². The summed E-state index contributed by atoms with van der Waals surface area (Å²) >= 11 is 0. The second kappa shape index (κ2) is 5.53. The van der Waals surface area contributed by atoms with E-state index in [2.05, 4.69) is 51.9 Å². The molecule has 3 rings (SSSR count). The molecule has 5 heteroatoms. The molecule has 1 atom stereocenters. The Morgan fingerprint density at radius 2 is 2.00 bits per heavy atom. The third-order valence-electron chi connectivity index (χ3n) is 3.63. The van der Waals surface area contributed by atoms with Crippen molar-refractivity contribution in [1.29, 1.82) is 0 Å². The molecule has 1 aliphatic rings. The number of nitrogen functional groups attached to an aromatic ring is 1. The van der Waals surface area contributed by atoms with Crippen molar-refractivity contribution in [3.63, 3.8) is 0 Å². The Hall–Kier alpha value is -1.68. The summed E-state index contributed by atoms with van der Waals surface area (Å²) in [4.78, 5) is 2.42. The molecule has 2 heterocycles. The van der Waals surface area contributed by atoms with Crippen molar-refractivity contribution in [2.75, 3.05) is 23.7 Å². The molecule has 4 nitrogen and oxygen atoms in total. The van der Waals surface area contributed by atoms with Gasteiger partial charge in [0, 0.05) is 24.3 Å². The van der Waals surface area contributed by atoms with Crippen molar-refractivity contribution >= 4 is 23.8 Å². The van der Waals surface area contributed by atoms with Crippen LogP contribution < -0.4 is 15.2 Å². The predicted molar refractivity (Wildman–Crippen MR) is 79.6 cm³/mol. The summed E-state index contributed by atoms with van der Waals surface area (Å²) in [6, 6.07) is 8.72. The van der Waals surface area contributed by atoms with E-state index in [1.165, 1.54) is 12.1 Å². The highest BCUT2D eigenvalue weighted by atomic mass is 35.5. The molecule has 19 heavy (non-hydrogen) atoms. The predicted octanol–water partition coefficient (Wildman–Crippen LogP) is 1.77. The number of aryl methyl sites for hydroxylation is 1. The maximum absolute atomic E-state index is 5.72. The second-order valence-electron chi connectivity index (χ2n) is 5.01. The number of nitrogens with two attached hydrogens (primary N) is 1. The minimum Gasteiger partial charge on any atom is -0.399 e. The normalized spacial score (nSPS) is 18.4. The Kier molecular flexibility index (Phi) is 4.00. The van der Waals surface area contributed by atoms with E-state index in [0.29, 0.717) is 6.04 Å². The third kappa shape index (κ3) is 2.84. The standard InChI is InChI=1S/C14H19N4.ClH/c1-16-8-9-18(11-16)14-6-7-17(10-14)13-4-2-12(15)3-5-13;/h2-5,8-9,11,14H,6-7,10,15H2,1H3;1H/q+1;/t14-;/m0./s1. The van der Waals surface area contributed by atoms with Gasteiger partial charge in [0.1, 0.15) is 18.4 Å². The molecule has 0 spiro atoms. The van der Waals surface area contributed by atoms with Gasteiger partial charge in [-0.1, -0.05) is 0 Å². The van der Waals surface area contributed by atoms with Crippen LogP contribution in [0.3, 0.4) is 0 Å². The van der Waals surface area contributed by atoms with Crippen molar-refractivity contribution in [2.45, 2.75) is 12.5 Å². The van der Waals surface area contributed by atoms with Crippen LogP contribution >= 0.6 is 12.4 Å². The average molecular weight is 280 g/mol. The highest BCUT2D eigenvalue weighted by molar-refractivity contribution is 5.85. The number of benzene rings is 1. The molecule has 0 saturated carbocycles. The lowest BCUT2D eigenvalue weighted by Gasteiger charge is -2.17. The first kappa shape index (κ1) is 13.7. The van der Waals surface area contributed by atoms with E-state index in [1.54, 1.807) is 0 Å². The van der Waals surface area contributed by atoms with E-state index in [4.69, 9.17) is 5.73 Å². The average Bonchev–Trinajstić information content (AvgIpc) is 2.98. The summed E-state index contributed by atoms with van der Waals surface area (Å²) in [5.41, 5.74) is 7.81. The first-order valence-electron chi connectivity index (χ1n) is 6.35. The smallest absolute Gasteiger partial charge is 0.243 e.